The van der Waals surface area contributed by atoms with E-state index in [0.29, 0.717) is 30.1 Å². The number of nitrogens with zero attached hydrogens (tertiary/aromatic N) is 2. The zero-order valence-electron chi connectivity index (χ0n) is 25.0. The Morgan fingerprint density at radius 1 is 1.00 bits per heavy atom. The van der Waals surface area contributed by atoms with Crippen molar-refractivity contribution < 1.29 is 24.2 Å². The summed E-state index contributed by atoms with van der Waals surface area (Å²) in [5, 5.41) is 8.85. The van der Waals surface area contributed by atoms with Crippen molar-refractivity contribution in [3.05, 3.63) is 108 Å². The lowest BCUT2D eigenvalue weighted by Gasteiger charge is -2.25. The first-order valence-electron chi connectivity index (χ1n) is 14.6. The number of phenols is 1. The van der Waals surface area contributed by atoms with Gasteiger partial charge in [-0.2, -0.15) is 0 Å². The van der Waals surface area contributed by atoms with Crippen molar-refractivity contribution in [2.24, 2.45) is 5.73 Å². The first-order valence-corrected chi connectivity index (χ1v) is 15.5. The number of anilines is 2. The molecule has 0 aromatic heterocycles. The SMILES string of the molecule is C#Cc1ccccc1[C@@H]1S[C@H](CC(=O)N(CC)c2ccc(O)c(OCC)c2)C(=O)N1c1cccc(C(N)=O)c1.c1cc2ccc1-2. The van der Waals surface area contributed by atoms with Gasteiger partial charge in [-0.25, -0.2) is 0 Å². The van der Waals surface area contributed by atoms with E-state index in [1.54, 1.807) is 59.2 Å². The van der Waals surface area contributed by atoms with Gasteiger partial charge < -0.3 is 20.5 Å². The number of carbonyl (C=O) groups is 3. The molecular formula is C36H33N3O5S. The molecule has 228 valence electrons. The second-order valence-electron chi connectivity index (χ2n) is 10.3. The molecule has 2 atom stereocenters. The van der Waals surface area contributed by atoms with Gasteiger partial charge in [-0.1, -0.05) is 54.5 Å². The Hall–Kier alpha value is -5.20. The molecule has 8 nitrogen and oxygen atoms in total. The maximum atomic E-state index is 13.9. The molecule has 0 bridgehead atoms. The fourth-order valence-corrected chi connectivity index (χ4v) is 6.66. The number of ether oxygens (including phenoxy) is 1. The number of primary amides is 1. The van der Waals surface area contributed by atoms with Crippen molar-refractivity contribution in [3.8, 4) is 35.0 Å². The molecule has 3 N–H and O–H groups in total. The summed E-state index contributed by atoms with van der Waals surface area (Å²) in [5.74, 6) is 1.80. The molecule has 2 aliphatic carbocycles. The quantitative estimate of drug-likeness (QED) is 0.192. The number of hydrogen-bond acceptors (Lipinski definition) is 6. The number of nitrogens with two attached hydrogens (primary N) is 1. The summed E-state index contributed by atoms with van der Waals surface area (Å²) in [6.45, 7) is 4.35. The smallest absolute Gasteiger partial charge is 0.248 e. The summed E-state index contributed by atoms with van der Waals surface area (Å²) in [7, 11) is 0. The van der Waals surface area contributed by atoms with Crippen molar-refractivity contribution in [2.75, 3.05) is 23.0 Å². The van der Waals surface area contributed by atoms with Crippen molar-refractivity contribution in [1.29, 1.82) is 0 Å². The highest BCUT2D eigenvalue weighted by Gasteiger charge is 2.44. The zero-order chi connectivity index (χ0) is 32.1. The van der Waals surface area contributed by atoms with Crippen LogP contribution in [0.5, 0.6) is 11.5 Å². The summed E-state index contributed by atoms with van der Waals surface area (Å²) >= 11 is 1.34. The van der Waals surface area contributed by atoms with Gasteiger partial charge in [0.2, 0.25) is 17.7 Å². The van der Waals surface area contributed by atoms with E-state index in [9.17, 15) is 19.5 Å². The molecule has 1 heterocycles. The van der Waals surface area contributed by atoms with Crippen LogP contribution < -0.4 is 20.3 Å². The number of aromatic hydroxyl groups is 1. The van der Waals surface area contributed by atoms with Gasteiger partial charge in [0.15, 0.2) is 11.5 Å². The van der Waals surface area contributed by atoms with Crippen molar-refractivity contribution >= 4 is 40.9 Å². The van der Waals surface area contributed by atoms with Crippen molar-refractivity contribution in [3.63, 3.8) is 0 Å². The number of thioether (sulfide) groups is 1. The van der Waals surface area contributed by atoms with Crippen LogP contribution in [0.25, 0.3) is 11.1 Å². The molecule has 0 radical (unpaired) electrons. The van der Waals surface area contributed by atoms with E-state index in [0.717, 1.165) is 5.56 Å². The number of carbonyl (C=O) groups excluding carboxylic acids is 3. The van der Waals surface area contributed by atoms with E-state index in [-0.39, 0.29) is 35.3 Å². The molecule has 3 aromatic rings. The van der Waals surface area contributed by atoms with Gasteiger partial charge in [0.1, 0.15) is 5.37 Å². The average Bonchev–Trinajstić information content (AvgIpc) is 3.36. The molecule has 3 aromatic carbocycles. The molecule has 1 fully saturated rings. The van der Waals surface area contributed by atoms with Gasteiger partial charge >= 0.3 is 0 Å². The minimum Gasteiger partial charge on any atom is -0.504 e. The lowest BCUT2D eigenvalue weighted by atomic mass is 9.95. The Bertz CT molecular complexity index is 1760. The lowest BCUT2D eigenvalue weighted by molar-refractivity contribution is -0.123. The Morgan fingerprint density at radius 3 is 2.31 bits per heavy atom. The van der Waals surface area contributed by atoms with Crippen LogP contribution in [0.1, 0.15) is 47.1 Å². The normalized spacial score (nSPS) is 15.8. The van der Waals surface area contributed by atoms with Crippen LogP contribution >= 0.6 is 11.8 Å². The van der Waals surface area contributed by atoms with E-state index in [1.165, 1.54) is 29.0 Å². The molecule has 3 amide bonds. The minimum atomic E-state index is -0.705. The summed E-state index contributed by atoms with van der Waals surface area (Å²) < 4.78 is 5.47. The highest BCUT2D eigenvalue weighted by Crippen LogP contribution is 2.48. The summed E-state index contributed by atoms with van der Waals surface area (Å²) in [6, 6.07) is 27.1. The topological polar surface area (TPSA) is 113 Å². The maximum absolute atomic E-state index is 13.9. The lowest BCUT2D eigenvalue weighted by Crippen LogP contribution is -2.36. The zero-order valence-corrected chi connectivity index (χ0v) is 25.8. The molecule has 45 heavy (non-hydrogen) atoms. The van der Waals surface area contributed by atoms with Crippen LogP contribution in [0.3, 0.4) is 0 Å². The van der Waals surface area contributed by atoms with Gasteiger partial charge in [0.25, 0.3) is 0 Å². The molecule has 6 rings (SSSR count). The van der Waals surface area contributed by atoms with Gasteiger partial charge in [-0.05, 0) is 61.4 Å². The Kier molecular flexibility index (Phi) is 9.45. The third kappa shape index (κ3) is 6.52. The Balaban J connectivity index is 0.000000586. The molecule has 9 heteroatoms. The highest BCUT2D eigenvalue weighted by atomic mass is 32.2. The second-order valence-corrected chi connectivity index (χ2v) is 11.6. The summed E-state index contributed by atoms with van der Waals surface area (Å²) in [4.78, 5) is 42.4. The number of terminal acetylenes is 1. The van der Waals surface area contributed by atoms with E-state index in [4.69, 9.17) is 16.9 Å². The molecule has 3 aliphatic rings. The average molecular weight is 620 g/mol. The number of hydrogen-bond donors (Lipinski definition) is 2. The van der Waals surface area contributed by atoms with Gasteiger partial charge in [-0.15, -0.1) is 18.2 Å². The molecule has 0 saturated carbocycles. The van der Waals surface area contributed by atoms with Crippen molar-refractivity contribution in [2.45, 2.75) is 30.9 Å². The fraction of sp³-hybridized carbons (Fsp3) is 0.194. The predicted molar refractivity (Wildman–Crippen MR) is 178 cm³/mol. The van der Waals surface area contributed by atoms with Gasteiger partial charge in [0, 0.05) is 47.1 Å². The third-order valence-corrected chi connectivity index (χ3v) is 9.00. The number of benzene rings is 4. The monoisotopic (exact) mass is 619 g/mol. The standard InChI is InChI=1S/C30H29N3O5S.C6H4/c1-4-19-10-7-8-13-23(19)30-33(22-12-9-11-20(16-22)28(31)36)29(37)26(39-30)18-27(35)32(5-2)21-14-15-24(34)25(17-21)38-6-3;1-2-6-4-3-5(1)6/h1,7-17,26,30,34H,5-6,18H2,2-3H3,(H2,31,36);1-4H/t26-,30+;/m1./s1. The summed E-state index contributed by atoms with van der Waals surface area (Å²) in [6.07, 6.45) is 5.70. The molecular weight excluding hydrogens is 586 g/mol. The number of phenolic OH excluding ortho intramolecular Hbond substituents is 1. The largest absolute Gasteiger partial charge is 0.504 e. The van der Waals surface area contributed by atoms with Crippen LogP contribution in [0.15, 0.2) is 91.0 Å². The minimum absolute atomic E-state index is 0.0190. The van der Waals surface area contributed by atoms with E-state index >= 15 is 0 Å². The van der Waals surface area contributed by atoms with Crippen LogP contribution in [0.4, 0.5) is 11.4 Å². The first kappa shape index (κ1) is 31.2. The van der Waals surface area contributed by atoms with E-state index in [2.05, 4.69) is 30.2 Å². The van der Waals surface area contributed by atoms with Crippen LogP contribution in [0, 0.1) is 12.3 Å². The highest BCUT2D eigenvalue weighted by molar-refractivity contribution is 8.01. The molecule has 0 unspecified atom stereocenters. The van der Waals surface area contributed by atoms with Crippen LogP contribution in [-0.4, -0.2) is 41.2 Å². The van der Waals surface area contributed by atoms with Crippen LogP contribution in [0.2, 0.25) is 0 Å². The van der Waals surface area contributed by atoms with Gasteiger partial charge in [-0.3, -0.25) is 19.3 Å². The third-order valence-electron chi connectivity index (χ3n) is 7.58. The fourth-order valence-electron chi connectivity index (χ4n) is 5.18. The number of amides is 3. The number of rotatable bonds is 9. The number of fused-ring (bicyclic) bond motifs is 1. The molecule has 1 aliphatic heterocycles. The first-order chi connectivity index (χ1) is 21.7. The Labute approximate surface area is 266 Å². The maximum Gasteiger partial charge on any atom is 0.248 e. The second kappa shape index (κ2) is 13.6. The predicted octanol–water partition coefficient (Wildman–Crippen LogP) is 6.13. The Morgan fingerprint density at radius 2 is 1.71 bits per heavy atom. The van der Waals surface area contributed by atoms with Gasteiger partial charge in [0.05, 0.1) is 11.9 Å². The molecule has 0 spiro atoms. The van der Waals surface area contributed by atoms with Crippen molar-refractivity contribution in [1.82, 2.24) is 0 Å². The summed E-state index contributed by atoms with van der Waals surface area (Å²) in [5.41, 5.74) is 11.0. The van der Waals surface area contributed by atoms with E-state index in [1.807, 2.05) is 25.1 Å². The van der Waals surface area contributed by atoms with Crippen LogP contribution in [-0.2, 0) is 9.59 Å². The molecule has 1 saturated heterocycles. The van der Waals surface area contributed by atoms with E-state index < -0.39 is 16.5 Å².